The molecular formula is C11H21ClN4O2S. The molecule has 1 saturated heterocycles. The van der Waals surface area contributed by atoms with Crippen LogP contribution in [-0.4, -0.2) is 37.3 Å². The van der Waals surface area contributed by atoms with Crippen molar-refractivity contribution in [3.05, 3.63) is 11.9 Å². The summed E-state index contributed by atoms with van der Waals surface area (Å²) in [5, 5.41) is 7.30. The van der Waals surface area contributed by atoms with Crippen LogP contribution in [0.3, 0.4) is 0 Å². The Kier molecular flexibility index (Phi) is 5.79. The Morgan fingerprint density at radius 2 is 2.32 bits per heavy atom. The number of hydrogen-bond donors (Lipinski definition) is 2. The highest BCUT2D eigenvalue weighted by atomic mass is 35.5. The summed E-state index contributed by atoms with van der Waals surface area (Å²) >= 11 is 0. The third kappa shape index (κ3) is 3.92. The fourth-order valence-corrected chi connectivity index (χ4v) is 3.44. The predicted octanol–water partition coefficient (Wildman–Crippen LogP) is 0.571. The Morgan fingerprint density at radius 1 is 1.58 bits per heavy atom. The van der Waals surface area contributed by atoms with Crippen molar-refractivity contribution >= 4 is 22.4 Å². The van der Waals surface area contributed by atoms with Gasteiger partial charge in [-0.15, -0.1) is 12.4 Å². The number of nitrogens with one attached hydrogen (secondary N) is 2. The molecule has 0 aromatic carbocycles. The van der Waals surface area contributed by atoms with Gasteiger partial charge in [0, 0.05) is 19.6 Å². The molecule has 0 unspecified atom stereocenters. The number of hydrogen-bond acceptors (Lipinski definition) is 4. The summed E-state index contributed by atoms with van der Waals surface area (Å²) in [6.45, 7) is 3.26. The van der Waals surface area contributed by atoms with E-state index < -0.39 is 10.0 Å². The molecule has 0 bridgehead atoms. The van der Waals surface area contributed by atoms with E-state index in [0.29, 0.717) is 18.3 Å². The Labute approximate surface area is 120 Å². The number of rotatable bonds is 5. The third-order valence-corrected chi connectivity index (χ3v) is 4.99. The van der Waals surface area contributed by atoms with Crippen LogP contribution in [0.2, 0.25) is 0 Å². The average Bonchev–Trinajstić information content (AvgIpc) is 2.91. The minimum Gasteiger partial charge on any atom is -0.314 e. The molecule has 0 aliphatic carbocycles. The van der Waals surface area contributed by atoms with Gasteiger partial charge in [0.15, 0.2) is 0 Å². The van der Waals surface area contributed by atoms with Crippen molar-refractivity contribution in [3.8, 4) is 0 Å². The highest BCUT2D eigenvalue weighted by Gasteiger charge is 2.20. The molecule has 1 aliphatic heterocycles. The van der Waals surface area contributed by atoms with Crippen LogP contribution < -0.4 is 10.0 Å². The van der Waals surface area contributed by atoms with Gasteiger partial charge in [-0.25, -0.2) is 13.1 Å². The number of aryl methyl sites for hydroxylation is 1. The molecule has 19 heavy (non-hydrogen) atoms. The van der Waals surface area contributed by atoms with E-state index in [1.165, 1.54) is 12.6 Å². The normalized spacial score (nSPS) is 19.4. The van der Waals surface area contributed by atoms with Crippen LogP contribution >= 0.6 is 12.4 Å². The van der Waals surface area contributed by atoms with Crippen molar-refractivity contribution < 1.29 is 8.42 Å². The molecule has 0 radical (unpaired) electrons. The van der Waals surface area contributed by atoms with Crippen molar-refractivity contribution in [1.29, 1.82) is 0 Å². The maximum absolute atomic E-state index is 12.1. The molecule has 110 valence electrons. The van der Waals surface area contributed by atoms with Gasteiger partial charge in [-0.3, -0.25) is 4.68 Å². The molecule has 2 rings (SSSR count). The van der Waals surface area contributed by atoms with Crippen molar-refractivity contribution in [3.63, 3.8) is 0 Å². The van der Waals surface area contributed by atoms with Crippen LogP contribution in [0.4, 0.5) is 0 Å². The first-order valence-electron chi connectivity index (χ1n) is 6.22. The lowest BCUT2D eigenvalue weighted by atomic mass is 10.2. The molecule has 8 heteroatoms. The quantitative estimate of drug-likeness (QED) is 0.834. The van der Waals surface area contributed by atoms with Gasteiger partial charge in [-0.1, -0.05) is 0 Å². The topological polar surface area (TPSA) is 76.0 Å². The second kappa shape index (κ2) is 6.69. The van der Waals surface area contributed by atoms with E-state index in [0.717, 1.165) is 19.4 Å². The zero-order valence-corrected chi connectivity index (χ0v) is 12.9. The molecule has 0 saturated carbocycles. The first-order valence-corrected chi connectivity index (χ1v) is 7.70. The molecule has 1 aliphatic rings. The highest BCUT2D eigenvalue weighted by molar-refractivity contribution is 7.89. The lowest BCUT2D eigenvalue weighted by molar-refractivity contribution is 0.539. The van der Waals surface area contributed by atoms with Crippen molar-refractivity contribution in [1.82, 2.24) is 19.8 Å². The standard InChI is InChI=1S/C11H20N4O2S.ClH/c1-9-11(8-13-15(9)2)18(16,17)14-7-5-10-4-3-6-12-10;/h8,10,12,14H,3-7H2,1-2H3;1H/t10-;/m1./s1. The van der Waals surface area contributed by atoms with E-state index in [2.05, 4.69) is 15.1 Å². The van der Waals surface area contributed by atoms with Crippen molar-refractivity contribution in [2.75, 3.05) is 13.1 Å². The first-order chi connectivity index (χ1) is 8.50. The maximum Gasteiger partial charge on any atom is 0.243 e. The Hall–Kier alpha value is -0.630. The molecule has 2 heterocycles. The van der Waals surface area contributed by atoms with E-state index in [4.69, 9.17) is 0 Å². The molecule has 6 nitrogen and oxygen atoms in total. The first kappa shape index (κ1) is 16.4. The molecule has 1 aromatic rings. The summed E-state index contributed by atoms with van der Waals surface area (Å²) in [6, 6.07) is 0.447. The van der Waals surface area contributed by atoms with Crippen LogP contribution in [0.1, 0.15) is 25.0 Å². The smallest absolute Gasteiger partial charge is 0.243 e. The monoisotopic (exact) mass is 308 g/mol. The van der Waals surface area contributed by atoms with Gasteiger partial charge in [-0.05, 0) is 32.7 Å². The van der Waals surface area contributed by atoms with Gasteiger partial charge >= 0.3 is 0 Å². The molecule has 1 atom stereocenters. The molecule has 0 amide bonds. The Bertz CT molecular complexity index is 509. The summed E-state index contributed by atoms with van der Waals surface area (Å²) in [5.41, 5.74) is 0.654. The fraction of sp³-hybridized carbons (Fsp3) is 0.727. The number of halogens is 1. The lowest BCUT2D eigenvalue weighted by Gasteiger charge is -2.10. The number of aromatic nitrogens is 2. The van der Waals surface area contributed by atoms with Gasteiger partial charge in [0.2, 0.25) is 10.0 Å². The summed E-state index contributed by atoms with van der Waals surface area (Å²) in [7, 11) is -1.69. The summed E-state index contributed by atoms with van der Waals surface area (Å²) in [4.78, 5) is 0.268. The fourth-order valence-electron chi connectivity index (χ4n) is 2.19. The highest BCUT2D eigenvalue weighted by Crippen LogP contribution is 2.13. The molecular weight excluding hydrogens is 288 g/mol. The van der Waals surface area contributed by atoms with Crippen LogP contribution in [-0.2, 0) is 17.1 Å². The van der Waals surface area contributed by atoms with E-state index in [1.807, 2.05) is 0 Å². The predicted molar refractivity (Wildman–Crippen MR) is 76.0 cm³/mol. The maximum atomic E-state index is 12.1. The molecule has 0 spiro atoms. The largest absolute Gasteiger partial charge is 0.314 e. The molecule has 1 aromatic heterocycles. The van der Waals surface area contributed by atoms with E-state index in [-0.39, 0.29) is 17.3 Å². The van der Waals surface area contributed by atoms with Gasteiger partial charge in [0.05, 0.1) is 11.9 Å². The van der Waals surface area contributed by atoms with Gasteiger partial charge in [0.25, 0.3) is 0 Å². The van der Waals surface area contributed by atoms with Gasteiger partial charge in [0.1, 0.15) is 4.90 Å². The second-order valence-corrected chi connectivity index (χ2v) is 6.43. The zero-order chi connectivity index (χ0) is 13.2. The zero-order valence-electron chi connectivity index (χ0n) is 11.2. The van der Waals surface area contributed by atoms with Crippen LogP contribution in [0.25, 0.3) is 0 Å². The summed E-state index contributed by atoms with van der Waals surface area (Å²) < 4.78 is 28.3. The van der Waals surface area contributed by atoms with Gasteiger partial charge < -0.3 is 5.32 Å². The summed E-state index contributed by atoms with van der Waals surface area (Å²) in [6.07, 6.45) is 4.54. The molecule has 2 N–H and O–H groups in total. The minimum absolute atomic E-state index is 0. The van der Waals surface area contributed by atoms with Crippen molar-refractivity contribution in [2.45, 2.75) is 37.1 Å². The Morgan fingerprint density at radius 3 is 2.84 bits per heavy atom. The minimum atomic E-state index is -3.42. The lowest BCUT2D eigenvalue weighted by Crippen LogP contribution is -2.30. The number of sulfonamides is 1. The van der Waals surface area contributed by atoms with Crippen LogP contribution in [0.5, 0.6) is 0 Å². The van der Waals surface area contributed by atoms with Crippen LogP contribution in [0, 0.1) is 6.92 Å². The average molecular weight is 309 g/mol. The van der Waals surface area contributed by atoms with Crippen LogP contribution in [0.15, 0.2) is 11.1 Å². The summed E-state index contributed by atoms with van der Waals surface area (Å²) in [5.74, 6) is 0. The van der Waals surface area contributed by atoms with Gasteiger partial charge in [-0.2, -0.15) is 5.10 Å². The second-order valence-electron chi connectivity index (χ2n) is 4.70. The molecule has 1 fully saturated rings. The van der Waals surface area contributed by atoms with E-state index >= 15 is 0 Å². The van der Waals surface area contributed by atoms with E-state index in [9.17, 15) is 8.42 Å². The number of nitrogens with zero attached hydrogens (tertiary/aromatic N) is 2. The Balaban J connectivity index is 0.00000180. The SMILES string of the molecule is Cc1c(S(=O)(=O)NCC[C@H]2CCCN2)cnn1C.Cl. The van der Waals surface area contributed by atoms with E-state index in [1.54, 1.807) is 18.7 Å². The third-order valence-electron chi connectivity index (χ3n) is 3.43. The van der Waals surface area contributed by atoms with Crippen molar-refractivity contribution in [2.24, 2.45) is 7.05 Å².